The van der Waals surface area contributed by atoms with Gasteiger partial charge in [-0.15, -0.1) is 0 Å². The van der Waals surface area contributed by atoms with Crippen LogP contribution in [0.2, 0.25) is 0 Å². The molecule has 0 heterocycles. The molecule has 0 saturated heterocycles. The number of benzene rings is 1. The number of esters is 1. The molecule has 0 fully saturated rings. The molecule has 0 aliphatic rings. The number of methoxy groups -OCH3 is 1. The van der Waals surface area contributed by atoms with Crippen molar-refractivity contribution in [3.63, 3.8) is 0 Å². The van der Waals surface area contributed by atoms with E-state index in [-0.39, 0.29) is 10.8 Å². The van der Waals surface area contributed by atoms with E-state index in [0.717, 1.165) is 5.56 Å². The van der Waals surface area contributed by atoms with Crippen LogP contribution >= 0.6 is 0 Å². The van der Waals surface area contributed by atoms with Crippen molar-refractivity contribution in [2.45, 2.75) is 41.5 Å². The summed E-state index contributed by atoms with van der Waals surface area (Å²) >= 11 is 0. The van der Waals surface area contributed by atoms with Crippen LogP contribution in [0.25, 0.3) is 0 Å². The van der Waals surface area contributed by atoms with Crippen molar-refractivity contribution in [2.24, 2.45) is 10.8 Å². The minimum atomic E-state index is -0.391. The summed E-state index contributed by atoms with van der Waals surface area (Å²) in [4.78, 5) is 12.0. The number of rotatable bonds is 1. The Bertz CT molecular complexity index is 675. The summed E-state index contributed by atoms with van der Waals surface area (Å²) in [5, 5.41) is 0. The topological polar surface area (TPSA) is 26.3 Å². The zero-order valence-corrected chi connectivity index (χ0v) is 14.5. The molecule has 0 atom stereocenters. The number of carbonyl (C=O) groups is 1. The molecule has 0 radical (unpaired) electrons. The molecule has 0 aliphatic heterocycles. The van der Waals surface area contributed by atoms with Crippen molar-refractivity contribution in [1.82, 2.24) is 0 Å². The highest BCUT2D eigenvalue weighted by molar-refractivity contribution is 5.92. The third kappa shape index (κ3) is 6.06. The van der Waals surface area contributed by atoms with Crippen LogP contribution in [0.4, 0.5) is 0 Å². The van der Waals surface area contributed by atoms with Crippen LogP contribution in [0.1, 0.15) is 63.0 Å². The number of hydrogen-bond acceptors (Lipinski definition) is 2. The lowest BCUT2D eigenvalue weighted by atomic mass is 9.95. The first-order chi connectivity index (χ1) is 10.0. The monoisotopic (exact) mass is 296 g/mol. The first-order valence-electron chi connectivity index (χ1n) is 7.30. The van der Waals surface area contributed by atoms with Gasteiger partial charge < -0.3 is 4.74 Å². The van der Waals surface area contributed by atoms with Gasteiger partial charge >= 0.3 is 5.97 Å². The van der Waals surface area contributed by atoms with Crippen molar-refractivity contribution < 1.29 is 9.53 Å². The minimum Gasteiger partial charge on any atom is -0.465 e. The van der Waals surface area contributed by atoms with E-state index in [2.05, 4.69) is 23.7 Å². The summed E-state index contributed by atoms with van der Waals surface area (Å²) in [5.74, 6) is 12.1. The fourth-order valence-electron chi connectivity index (χ4n) is 1.52. The number of hydrogen-bond donors (Lipinski definition) is 0. The summed E-state index contributed by atoms with van der Waals surface area (Å²) in [6.07, 6.45) is 0. The van der Waals surface area contributed by atoms with Gasteiger partial charge in [0.1, 0.15) is 0 Å². The number of ether oxygens (including phenoxy) is 1. The highest BCUT2D eigenvalue weighted by Gasteiger charge is 2.12. The molecule has 22 heavy (non-hydrogen) atoms. The van der Waals surface area contributed by atoms with Gasteiger partial charge in [-0.05, 0) is 59.7 Å². The van der Waals surface area contributed by atoms with Crippen LogP contribution in [-0.4, -0.2) is 13.1 Å². The Morgan fingerprint density at radius 1 is 0.955 bits per heavy atom. The van der Waals surface area contributed by atoms with Crippen molar-refractivity contribution in [3.8, 4) is 23.7 Å². The van der Waals surface area contributed by atoms with Gasteiger partial charge in [-0.25, -0.2) is 4.79 Å². The second kappa shape index (κ2) is 6.71. The van der Waals surface area contributed by atoms with Crippen molar-refractivity contribution in [2.75, 3.05) is 7.11 Å². The largest absolute Gasteiger partial charge is 0.465 e. The van der Waals surface area contributed by atoms with Gasteiger partial charge in [0.2, 0.25) is 0 Å². The van der Waals surface area contributed by atoms with E-state index in [1.165, 1.54) is 7.11 Å². The molecule has 1 aromatic rings. The number of carbonyl (C=O) groups excluding carboxylic acids is 1. The standard InChI is InChI=1S/C20H24O2/c1-19(2,3)12-10-15-8-9-16(11-13-20(4,5)6)17(14-15)18(21)22-7/h8-9,14H,1-7H3. The zero-order valence-electron chi connectivity index (χ0n) is 14.5. The molecule has 1 rings (SSSR count). The smallest absolute Gasteiger partial charge is 0.339 e. The first kappa shape index (κ1) is 17.9. The molecule has 116 valence electrons. The molecular formula is C20H24O2. The van der Waals surface area contributed by atoms with E-state index < -0.39 is 5.97 Å². The quantitative estimate of drug-likeness (QED) is 0.571. The molecule has 1 aromatic carbocycles. The van der Waals surface area contributed by atoms with Gasteiger partial charge in [-0.2, -0.15) is 0 Å². The molecular weight excluding hydrogens is 272 g/mol. The fraction of sp³-hybridized carbons (Fsp3) is 0.450. The molecule has 0 N–H and O–H groups in total. The van der Waals surface area contributed by atoms with Gasteiger partial charge in [0, 0.05) is 22.0 Å². The predicted octanol–water partition coefficient (Wildman–Crippen LogP) is 4.27. The van der Waals surface area contributed by atoms with Crippen LogP contribution in [0, 0.1) is 34.5 Å². The van der Waals surface area contributed by atoms with Crippen molar-refractivity contribution in [1.29, 1.82) is 0 Å². The Kier molecular flexibility index (Phi) is 5.45. The van der Waals surface area contributed by atoms with Crippen LogP contribution in [0.5, 0.6) is 0 Å². The molecule has 0 aliphatic carbocycles. The zero-order chi connectivity index (χ0) is 17.0. The van der Waals surface area contributed by atoms with Crippen molar-refractivity contribution >= 4 is 5.97 Å². The Morgan fingerprint density at radius 2 is 1.50 bits per heavy atom. The Morgan fingerprint density at radius 3 is 2.00 bits per heavy atom. The lowest BCUT2D eigenvalue weighted by Gasteiger charge is -2.09. The molecule has 0 amide bonds. The Hall–Kier alpha value is -2.19. The molecule has 0 saturated carbocycles. The van der Waals surface area contributed by atoms with Crippen LogP contribution in [0.15, 0.2) is 18.2 Å². The highest BCUT2D eigenvalue weighted by atomic mass is 16.5. The maximum Gasteiger partial charge on any atom is 0.339 e. The Balaban J connectivity index is 3.33. The summed E-state index contributed by atoms with van der Waals surface area (Å²) in [6, 6.07) is 5.47. The van der Waals surface area contributed by atoms with E-state index in [1.807, 2.05) is 53.7 Å². The van der Waals surface area contributed by atoms with E-state index in [9.17, 15) is 4.79 Å². The maximum absolute atomic E-state index is 12.0. The van der Waals surface area contributed by atoms with Gasteiger partial charge in [0.15, 0.2) is 0 Å². The lowest BCUT2D eigenvalue weighted by Crippen LogP contribution is -2.06. The van der Waals surface area contributed by atoms with E-state index in [4.69, 9.17) is 4.74 Å². The molecule has 2 heteroatoms. The summed E-state index contributed by atoms with van der Waals surface area (Å²) < 4.78 is 4.85. The molecule has 0 spiro atoms. The highest BCUT2D eigenvalue weighted by Crippen LogP contribution is 2.16. The third-order valence-corrected chi connectivity index (χ3v) is 2.58. The van der Waals surface area contributed by atoms with Crippen LogP contribution in [-0.2, 0) is 4.74 Å². The predicted molar refractivity (Wildman–Crippen MR) is 90.4 cm³/mol. The summed E-state index contributed by atoms with van der Waals surface area (Å²) in [5.41, 5.74) is 1.70. The van der Waals surface area contributed by atoms with Gasteiger partial charge in [-0.1, -0.05) is 23.7 Å². The van der Waals surface area contributed by atoms with E-state index in [1.54, 1.807) is 6.07 Å². The average molecular weight is 296 g/mol. The second-order valence-electron chi connectivity index (χ2n) is 7.25. The third-order valence-electron chi connectivity index (χ3n) is 2.58. The molecule has 0 aromatic heterocycles. The van der Waals surface area contributed by atoms with Gasteiger partial charge in [-0.3, -0.25) is 0 Å². The van der Waals surface area contributed by atoms with Crippen molar-refractivity contribution in [3.05, 3.63) is 34.9 Å². The average Bonchev–Trinajstić information content (AvgIpc) is 2.40. The van der Waals surface area contributed by atoms with Gasteiger partial charge in [0.25, 0.3) is 0 Å². The van der Waals surface area contributed by atoms with E-state index in [0.29, 0.717) is 11.1 Å². The van der Waals surface area contributed by atoms with E-state index >= 15 is 0 Å². The normalized spacial score (nSPS) is 10.9. The first-order valence-corrected chi connectivity index (χ1v) is 7.30. The molecule has 0 unspecified atom stereocenters. The molecule has 0 bridgehead atoms. The summed E-state index contributed by atoms with van der Waals surface area (Å²) in [6.45, 7) is 12.2. The second-order valence-corrected chi connectivity index (χ2v) is 7.25. The Labute approximate surface area is 134 Å². The minimum absolute atomic E-state index is 0.0872. The van der Waals surface area contributed by atoms with Crippen LogP contribution < -0.4 is 0 Å². The van der Waals surface area contributed by atoms with Crippen LogP contribution in [0.3, 0.4) is 0 Å². The summed E-state index contributed by atoms with van der Waals surface area (Å²) in [7, 11) is 1.37. The van der Waals surface area contributed by atoms with Gasteiger partial charge in [0.05, 0.1) is 12.7 Å². The lowest BCUT2D eigenvalue weighted by molar-refractivity contribution is 0.0600. The maximum atomic E-state index is 12.0. The fourth-order valence-corrected chi connectivity index (χ4v) is 1.52. The SMILES string of the molecule is COC(=O)c1cc(C#CC(C)(C)C)ccc1C#CC(C)(C)C. The molecule has 2 nitrogen and oxygen atoms in total.